The molecule has 4 aliphatic rings. The lowest BCUT2D eigenvalue weighted by molar-refractivity contribution is -0.131. The first-order chi connectivity index (χ1) is 13.7. The van der Waals surface area contributed by atoms with Gasteiger partial charge in [-0.3, -0.25) is 9.59 Å². The highest BCUT2D eigenvalue weighted by Gasteiger charge is 2.55. The first-order valence-electron chi connectivity index (χ1n) is 9.62. The molecule has 1 aliphatic heterocycles. The van der Waals surface area contributed by atoms with Crippen molar-refractivity contribution in [3.63, 3.8) is 0 Å². The minimum Gasteiger partial charge on any atom is -0.324 e. The molecule has 4 heteroatoms. The summed E-state index contributed by atoms with van der Waals surface area (Å²) >= 11 is 0. The Morgan fingerprint density at radius 1 is 0.500 bits per heavy atom. The second-order valence-electron chi connectivity index (χ2n) is 7.79. The van der Waals surface area contributed by atoms with Crippen LogP contribution in [-0.2, 0) is 9.59 Å². The molecule has 2 atom stereocenters. The quantitative estimate of drug-likeness (QED) is 0.629. The third-order valence-electron chi connectivity index (χ3n) is 6.49. The Hall–Kier alpha value is -3.40. The molecule has 3 aliphatic carbocycles. The summed E-state index contributed by atoms with van der Waals surface area (Å²) in [6.07, 6.45) is 0. The van der Waals surface area contributed by atoms with E-state index in [4.69, 9.17) is 0 Å². The van der Waals surface area contributed by atoms with E-state index in [1.807, 2.05) is 48.5 Å². The molecule has 0 fully saturated rings. The molecule has 1 heterocycles. The second-order valence-corrected chi connectivity index (χ2v) is 7.79. The molecule has 136 valence electrons. The zero-order valence-electron chi connectivity index (χ0n) is 15.1. The molecule has 3 aromatic rings. The van der Waals surface area contributed by atoms with Crippen molar-refractivity contribution in [2.45, 2.75) is 11.8 Å². The number of hydrogen-bond acceptors (Lipinski definition) is 2. The Kier molecular flexibility index (Phi) is 3.10. The third kappa shape index (κ3) is 1.95. The fraction of sp³-hybridized carbons (Fsp3) is 0.167. The van der Waals surface area contributed by atoms with Crippen LogP contribution in [0.4, 0.5) is 11.4 Å². The number of benzene rings is 3. The highest BCUT2D eigenvalue weighted by molar-refractivity contribution is 6.08. The third-order valence-corrected chi connectivity index (χ3v) is 6.49. The van der Waals surface area contributed by atoms with E-state index in [0.29, 0.717) is 11.4 Å². The van der Waals surface area contributed by atoms with Crippen LogP contribution in [0.2, 0.25) is 0 Å². The monoisotopic (exact) mass is 366 g/mol. The lowest BCUT2D eigenvalue weighted by Gasteiger charge is -2.49. The Labute approximate surface area is 162 Å². The molecule has 2 bridgehead atoms. The molecular weight excluding hydrogens is 348 g/mol. The van der Waals surface area contributed by atoms with Gasteiger partial charge < -0.3 is 10.6 Å². The van der Waals surface area contributed by atoms with E-state index in [2.05, 4.69) is 34.9 Å². The van der Waals surface area contributed by atoms with Crippen molar-refractivity contribution in [1.82, 2.24) is 0 Å². The standard InChI is InChI=1S/C24H18N2O2/c27-23-21-19-13-7-1-2-8-14(13)20(16-10-4-3-9-15(16)19)22(21)24(28)26-18-12-6-5-11-17(18)25-23/h1-12,19-22H,(H,25,27)(H,26,28)/t19?,20?,21-,22-/m0/s1. The van der Waals surface area contributed by atoms with E-state index >= 15 is 0 Å². The molecule has 28 heavy (non-hydrogen) atoms. The van der Waals surface area contributed by atoms with E-state index in [9.17, 15) is 9.59 Å². The Morgan fingerprint density at radius 3 is 1.18 bits per heavy atom. The fourth-order valence-corrected chi connectivity index (χ4v) is 5.44. The minimum absolute atomic E-state index is 0.0775. The summed E-state index contributed by atoms with van der Waals surface area (Å²) in [6.45, 7) is 0. The lowest BCUT2D eigenvalue weighted by Crippen LogP contribution is -2.51. The summed E-state index contributed by atoms with van der Waals surface area (Å²) in [6, 6.07) is 23.9. The summed E-state index contributed by atoms with van der Waals surface area (Å²) in [7, 11) is 0. The maximum Gasteiger partial charge on any atom is 0.229 e. The van der Waals surface area contributed by atoms with Gasteiger partial charge in [0.15, 0.2) is 0 Å². The van der Waals surface area contributed by atoms with Crippen LogP contribution in [-0.4, -0.2) is 11.8 Å². The van der Waals surface area contributed by atoms with Crippen LogP contribution in [0.25, 0.3) is 0 Å². The van der Waals surface area contributed by atoms with Crippen LogP contribution >= 0.6 is 0 Å². The van der Waals surface area contributed by atoms with Crippen LogP contribution in [0.3, 0.4) is 0 Å². The van der Waals surface area contributed by atoms with Gasteiger partial charge in [0.1, 0.15) is 0 Å². The number of nitrogens with one attached hydrogen (secondary N) is 2. The highest BCUT2D eigenvalue weighted by atomic mass is 16.2. The van der Waals surface area contributed by atoms with Gasteiger partial charge in [-0.2, -0.15) is 0 Å². The van der Waals surface area contributed by atoms with Gasteiger partial charge in [0.2, 0.25) is 11.8 Å². The summed E-state index contributed by atoms with van der Waals surface area (Å²) in [5, 5.41) is 6.15. The van der Waals surface area contributed by atoms with Crippen LogP contribution in [0, 0.1) is 11.8 Å². The van der Waals surface area contributed by atoms with Crippen molar-refractivity contribution in [3.05, 3.63) is 95.1 Å². The van der Waals surface area contributed by atoms with Gasteiger partial charge in [0.25, 0.3) is 0 Å². The maximum atomic E-state index is 13.4. The van der Waals surface area contributed by atoms with Gasteiger partial charge in [-0.05, 0) is 34.4 Å². The molecule has 0 aromatic heterocycles. The predicted molar refractivity (Wildman–Crippen MR) is 107 cm³/mol. The highest BCUT2D eigenvalue weighted by Crippen LogP contribution is 2.59. The first kappa shape index (κ1) is 15.6. The molecule has 2 N–H and O–H groups in total. The molecule has 0 saturated heterocycles. The summed E-state index contributed by atoms with van der Waals surface area (Å²) < 4.78 is 0. The Bertz CT molecular complexity index is 1020. The fourth-order valence-electron chi connectivity index (χ4n) is 5.44. The van der Waals surface area contributed by atoms with Crippen molar-refractivity contribution in [2.75, 3.05) is 10.6 Å². The number of carbonyl (C=O) groups is 2. The van der Waals surface area contributed by atoms with Crippen molar-refractivity contribution in [1.29, 1.82) is 0 Å². The van der Waals surface area contributed by atoms with Gasteiger partial charge in [0.05, 0.1) is 23.2 Å². The normalized spacial score (nSPS) is 26.6. The molecule has 0 saturated carbocycles. The smallest absolute Gasteiger partial charge is 0.229 e. The number of para-hydroxylation sites is 2. The van der Waals surface area contributed by atoms with Crippen LogP contribution < -0.4 is 10.6 Å². The number of carbonyl (C=O) groups excluding carboxylic acids is 2. The van der Waals surface area contributed by atoms with Crippen molar-refractivity contribution >= 4 is 23.2 Å². The van der Waals surface area contributed by atoms with Gasteiger partial charge >= 0.3 is 0 Å². The molecular formula is C24H18N2O2. The summed E-state index contributed by atoms with van der Waals surface area (Å²) in [4.78, 5) is 26.9. The van der Waals surface area contributed by atoms with E-state index < -0.39 is 11.8 Å². The zero-order valence-corrected chi connectivity index (χ0v) is 15.1. The topological polar surface area (TPSA) is 58.2 Å². The SMILES string of the molecule is O=C1Nc2ccccc2NC(=O)[C@H]2C3c4ccccc4C(c4ccccc43)[C@H]12. The average molecular weight is 366 g/mol. The molecule has 4 nitrogen and oxygen atoms in total. The Morgan fingerprint density at radius 2 is 0.821 bits per heavy atom. The number of hydrogen-bond donors (Lipinski definition) is 2. The molecule has 0 unspecified atom stereocenters. The minimum atomic E-state index is -0.428. The van der Waals surface area contributed by atoms with E-state index in [1.54, 1.807) is 0 Å². The predicted octanol–water partition coefficient (Wildman–Crippen LogP) is 4.10. The first-order valence-corrected chi connectivity index (χ1v) is 9.62. The van der Waals surface area contributed by atoms with Crippen molar-refractivity contribution in [3.8, 4) is 0 Å². The Balaban J connectivity index is 1.61. The molecule has 0 radical (unpaired) electrons. The van der Waals surface area contributed by atoms with E-state index in [-0.39, 0.29) is 23.7 Å². The zero-order chi connectivity index (χ0) is 18.8. The number of anilines is 2. The summed E-state index contributed by atoms with van der Waals surface area (Å²) in [5.74, 6) is -1.24. The van der Waals surface area contributed by atoms with Crippen LogP contribution in [0.15, 0.2) is 72.8 Å². The molecule has 3 aromatic carbocycles. The van der Waals surface area contributed by atoms with E-state index in [0.717, 1.165) is 0 Å². The number of fused-ring (bicyclic) bond motifs is 1. The van der Waals surface area contributed by atoms with Crippen molar-refractivity contribution in [2.24, 2.45) is 11.8 Å². The number of amides is 2. The molecule has 7 rings (SSSR count). The van der Waals surface area contributed by atoms with Crippen LogP contribution in [0.1, 0.15) is 34.1 Å². The molecule has 0 spiro atoms. The largest absolute Gasteiger partial charge is 0.324 e. The second kappa shape index (κ2) is 5.55. The lowest BCUT2D eigenvalue weighted by atomic mass is 9.53. The number of rotatable bonds is 0. The van der Waals surface area contributed by atoms with Gasteiger partial charge in [-0.15, -0.1) is 0 Å². The molecule has 2 amide bonds. The van der Waals surface area contributed by atoms with Gasteiger partial charge in [-0.25, -0.2) is 0 Å². The van der Waals surface area contributed by atoms with Crippen LogP contribution in [0.5, 0.6) is 0 Å². The van der Waals surface area contributed by atoms with Gasteiger partial charge in [-0.1, -0.05) is 60.7 Å². The van der Waals surface area contributed by atoms with E-state index in [1.165, 1.54) is 22.3 Å². The summed E-state index contributed by atoms with van der Waals surface area (Å²) in [5.41, 5.74) is 5.99. The maximum absolute atomic E-state index is 13.4. The van der Waals surface area contributed by atoms with Gasteiger partial charge in [0, 0.05) is 11.8 Å². The van der Waals surface area contributed by atoms with Crippen molar-refractivity contribution < 1.29 is 9.59 Å². The average Bonchev–Trinajstić information content (AvgIpc) is 2.73.